The first kappa shape index (κ1) is 19.0. The molecule has 0 aromatic heterocycles. The number of carbonyl (C=O) groups is 1. The molecule has 136 valence electrons. The SMILES string of the molecule is O=C(NN=Cc1ccc(Cl)cc1Cl)c1ccccc1OCc1ccccc1. The van der Waals surface area contributed by atoms with Gasteiger partial charge in [0.2, 0.25) is 0 Å². The van der Waals surface area contributed by atoms with Crippen molar-refractivity contribution in [1.29, 1.82) is 0 Å². The zero-order chi connectivity index (χ0) is 19.1. The van der Waals surface area contributed by atoms with Gasteiger partial charge in [0, 0.05) is 10.6 Å². The molecule has 0 aliphatic carbocycles. The maximum Gasteiger partial charge on any atom is 0.275 e. The van der Waals surface area contributed by atoms with E-state index in [1.54, 1.807) is 36.4 Å². The normalized spacial score (nSPS) is 10.7. The number of hydrogen-bond acceptors (Lipinski definition) is 3. The standard InChI is InChI=1S/C21H16Cl2N2O2/c22-17-11-10-16(19(23)12-17)13-24-25-21(26)18-8-4-5-9-20(18)27-14-15-6-2-1-3-7-15/h1-13H,14H2,(H,25,26). The molecule has 0 aliphatic heterocycles. The number of hydrazone groups is 1. The first-order valence-corrected chi connectivity index (χ1v) is 8.93. The molecule has 1 N–H and O–H groups in total. The molecule has 0 aliphatic rings. The Bertz CT molecular complexity index is 959. The van der Waals surface area contributed by atoms with Gasteiger partial charge in [0.25, 0.3) is 5.91 Å². The maximum absolute atomic E-state index is 12.4. The lowest BCUT2D eigenvalue weighted by molar-refractivity contribution is 0.0950. The minimum absolute atomic E-state index is 0.370. The third kappa shape index (κ3) is 5.33. The Hall–Kier alpha value is -2.82. The number of carbonyl (C=O) groups excluding carboxylic acids is 1. The van der Waals surface area contributed by atoms with Crippen molar-refractivity contribution in [3.05, 3.63) is 99.5 Å². The van der Waals surface area contributed by atoms with Crippen LogP contribution in [0.2, 0.25) is 10.0 Å². The number of hydrogen-bond donors (Lipinski definition) is 1. The van der Waals surface area contributed by atoms with Crippen LogP contribution in [0, 0.1) is 0 Å². The van der Waals surface area contributed by atoms with E-state index in [9.17, 15) is 4.79 Å². The topological polar surface area (TPSA) is 50.7 Å². The summed E-state index contributed by atoms with van der Waals surface area (Å²) in [6.07, 6.45) is 1.46. The Labute approximate surface area is 167 Å². The van der Waals surface area contributed by atoms with Crippen LogP contribution in [0.1, 0.15) is 21.5 Å². The second-order valence-electron chi connectivity index (χ2n) is 5.64. The molecule has 0 saturated heterocycles. The molecule has 0 heterocycles. The molecule has 6 heteroatoms. The van der Waals surface area contributed by atoms with Crippen molar-refractivity contribution >= 4 is 35.3 Å². The van der Waals surface area contributed by atoms with Crippen LogP contribution in [-0.2, 0) is 6.61 Å². The third-order valence-corrected chi connectivity index (χ3v) is 4.26. The summed E-state index contributed by atoms with van der Waals surface area (Å²) in [4.78, 5) is 12.4. The lowest BCUT2D eigenvalue weighted by Crippen LogP contribution is -2.18. The van der Waals surface area contributed by atoms with E-state index in [0.717, 1.165) is 5.56 Å². The second-order valence-corrected chi connectivity index (χ2v) is 6.48. The van der Waals surface area contributed by atoms with Crippen LogP contribution >= 0.6 is 23.2 Å². The average molecular weight is 399 g/mol. The first-order chi connectivity index (χ1) is 13.1. The summed E-state index contributed by atoms with van der Waals surface area (Å²) < 4.78 is 5.79. The second kappa shape index (κ2) is 9.21. The predicted octanol–water partition coefficient (Wildman–Crippen LogP) is 5.34. The van der Waals surface area contributed by atoms with E-state index in [4.69, 9.17) is 27.9 Å². The Morgan fingerprint density at radius 3 is 2.52 bits per heavy atom. The fourth-order valence-corrected chi connectivity index (χ4v) is 2.80. The molecular formula is C21H16Cl2N2O2. The summed E-state index contributed by atoms with van der Waals surface area (Å²) in [6.45, 7) is 0.370. The molecule has 0 radical (unpaired) electrons. The Kier molecular flexibility index (Phi) is 6.47. The Morgan fingerprint density at radius 1 is 1.00 bits per heavy atom. The van der Waals surface area contributed by atoms with Crippen LogP contribution in [0.3, 0.4) is 0 Å². The minimum atomic E-state index is -0.375. The lowest BCUT2D eigenvalue weighted by Gasteiger charge is -2.10. The van der Waals surface area contributed by atoms with Gasteiger partial charge in [0.05, 0.1) is 16.8 Å². The number of nitrogens with one attached hydrogen (secondary N) is 1. The third-order valence-electron chi connectivity index (χ3n) is 3.70. The summed E-state index contributed by atoms with van der Waals surface area (Å²) in [7, 11) is 0. The predicted molar refractivity (Wildman–Crippen MR) is 109 cm³/mol. The molecular weight excluding hydrogens is 383 g/mol. The van der Waals surface area contributed by atoms with Crippen molar-refractivity contribution in [3.63, 3.8) is 0 Å². The number of nitrogens with zero attached hydrogens (tertiary/aromatic N) is 1. The van der Waals surface area contributed by atoms with Crippen LogP contribution in [0.15, 0.2) is 77.9 Å². The number of halogens is 2. The number of ether oxygens (including phenoxy) is 1. The van der Waals surface area contributed by atoms with Gasteiger partial charge in [-0.3, -0.25) is 4.79 Å². The van der Waals surface area contributed by atoms with Crippen LogP contribution in [0.25, 0.3) is 0 Å². The largest absolute Gasteiger partial charge is 0.488 e. The van der Waals surface area contributed by atoms with Crippen LogP contribution in [0.5, 0.6) is 5.75 Å². The van der Waals surface area contributed by atoms with Crippen LogP contribution in [-0.4, -0.2) is 12.1 Å². The van der Waals surface area contributed by atoms with Gasteiger partial charge in [-0.15, -0.1) is 0 Å². The average Bonchev–Trinajstić information content (AvgIpc) is 2.69. The molecule has 0 bridgehead atoms. The summed E-state index contributed by atoms with van der Waals surface area (Å²) in [5.41, 5.74) is 4.55. The molecule has 0 atom stereocenters. The van der Waals surface area contributed by atoms with Gasteiger partial charge in [0.15, 0.2) is 0 Å². The summed E-state index contributed by atoms with van der Waals surface area (Å²) >= 11 is 11.9. The molecule has 0 fully saturated rings. The number of amides is 1. The number of benzene rings is 3. The van der Waals surface area contributed by atoms with E-state index < -0.39 is 0 Å². The van der Waals surface area contributed by atoms with E-state index in [0.29, 0.717) is 33.5 Å². The van der Waals surface area contributed by atoms with E-state index in [1.165, 1.54) is 6.21 Å². The highest BCUT2D eigenvalue weighted by Crippen LogP contribution is 2.20. The van der Waals surface area contributed by atoms with Crippen molar-refractivity contribution < 1.29 is 9.53 Å². The highest BCUT2D eigenvalue weighted by Gasteiger charge is 2.11. The van der Waals surface area contributed by atoms with E-state index in [-0.39, 0.29) is 5.91 Å². The fourth-order valence-electron chi connectivity index (χ4n) is 2.34. The minimum Gasteiger partial charge on any atom is -0.488 e. The molecule has 27 heavy (non-hydrogen) atoms. The molecule has 0 spiro atoms. The van der Waals surface area contributed by atoms with Gasteiger partial charge in [-0.05, 0) is 29.8 Å². The molecule has 3 aromatic carbocycles. The van der Waals surface area contributed by atoms with Crippen molar-refractivity contribution in [2.45, 2.75) is 6.61 Å². The first-order valence-electron chi connectivity index (χ1n) is 8.17. The van der Waals surface area contributed by atoms with Gasteiger partial charge < -0.3 is 4.74 Å². The van der Waals surface area contributed by atoms with E-state index in [1.807, 2.05) is 36.4 Å². The zero-order valence-corrected chi connectivity index (χ0v) is 15.7. The van der Waals surface area contributed by atoms with Crippen LogP contribution < -0.4 is 10.2 Å². The zero-order valence-electron chi connectivity index (χ0n) is 14.2. The van der Waals surface area contributed by atoms with Gasteiger partial charge >= 0.3 is 0 Å². The quantitative estimate of drug-likeness (QED) is 0.450. The molecule has 0 saturated carbocycles. The highest BCUT2D eigenvalue weighted by molar-refractivity contribution is 6.36. The fraction of sp³-hybridized carbons (Fsp3) is 0.0476. The van der Waals surface area contributed by atoms with Gasteiger partial charge in [-0.25, -0.2) is 5.43 Å². The monoisotopic (exact) mass is 398 g/mol. The van der Waals surface area contributed by atoms with Gasteiger partial charge in [-0.2, -0.15) is 5.10 Å². The number of para-hydroxylation sites is 1. The maximum atomic E-state index is 12.4. The lowest BCUT2D eigenvalue weighted by atomic mass is 10.2. The van der Waals surface area contributed by atoms with Crippen molar-refractivity contribution in [2.75, 3.05) is 0 Å². The van der Waals surface area contributed by atoms with Gasteiger partial charge in [-0.1, -0.05) is 71.7 Å². The Morgan fingerprint density at radius 2 is 1.74 bits per heavy atom. The number of rotatable bonds is 6. The van der Waals surface area contributed by atoms with Crippen molar-refractivity contribution in [1.82, 2.24) is 5.43 Å². The molecule has 0 unspecified atom stereocenters. The van der Waals surface area contributed by atoms with Crippen molar-refractivity contribution in [3.8, 4) is 5.75 Å². The van der Waals surface area contributed by atoms with Gasteiger partial charge in [0.1, 0.15) is 12.4 Å². The van der Waals surface area contributed by atoms with E-state index in [2.05, 4.69) is 10.5 Å². The smallest absolute Gasteiger partial charge is 0.275 e. The van der Waals surface area contributed by atoms with E-state index >= 15 is 0 Å². The summed E-state index contributed by atoms with van der Waals surface area (Å²) in [6, 6.07) is 21.8. The molecule has 3 rings (SSSR count). The summed E-state index contributed by atoms with van der Waals surface area (Å²) in [5, 5.41) is 4.94. The molecule has 3 aromatic rings. The highest BCUT2D eigenvalue weighted by atomic mass is 35.5. The van der Waals surface area contributed by atoms with Crippen molar-refractivity contribution in [2.24, 2.45) is 5.10 Å². The summed E-state index contributed by atoms with van der Waals surface area (Å²) in [5.74, 6) is 0.110. The molecule has 1 amide bonds. The Balaban J connectivity index is 1.67. The molecule has 4 nitrogen and oxygen atoms in total. The van der Waals surface area contributed by atoms with Crippen LogP contribution in [0.4, 0.5) is 0 Å².